The number of halogens is 1. The van der Waals surface area contributed by atoms with Gasteiger partial charge in [0.25, 0.3) is 0 Å². The molecule has 1 aromatic rings. The van der Waals surface area contributed by atoms with Gasteiger partial charge in [0.05, 0.1) is 19.4 Å². The summed E-state index contributed by atoms with van der Waals surface area (Å²) in [5, 5.41) is 6.37. The van der Waals surface area contributed by atoms with E-state index in [9.17, 15) is 8.42 Å². The molecule has 0 fully saturated rings. The van der Waals surface area contributed by atoms with Gasteiger partial charge >= 0.3 is 0 Å². The number of nitrogens with zero attached hydrogens (tertiary/aromatic N) is 1. The summed E-state index contributed by atoms with van der Waals surface area (Å²) in [6, 6.07) is 7.77. The zero-order chi connectivity index (χ0) is 17.8. The zero-order valence-corrected chi connectivity index (χ0v) is 18.2. The van der Waals surface area contributed by atoms with Gasteiger partial charge in [-0.2, -0.15) is 0 Å². The number of methoxy groups -OCH3 is 1. The number of aliphatic imine (C=N–C) groups is 1. The smallest absolute Gasteiger partial charge is 0.211 e. The van der Waals surface area contributed by atoms with Crippen molar-refractivity contribution in [3.63, 3.8) is 0 Å². The average Bonchev–Trinajstić information content (AvgIpc) is 2.59. The highest BCUT2D eigenvalue weighted by Gasteiger charge is 2.04. The lowest BCUT2D eigenvalue weighted by molar-refractivity contribution is 0.414. The molecule has 0 heterocycles. The highest BCUT2D eigenvalue weighted by Crippen LogP contribution is 2.11. The summed E-state index contributed by atoms with van der Waals surface area (Å²) in [6.45, 7) is 6.00. The first-order valence-electron chi connectivity index (χ1n) is 8.13. The Kier molecular flexibility index (Phi) is 12.6. The molecule has 0 atom stereocenters. The molecule has 1 rings (SSSR count). The van der Waals surface area contributed by atoms with E-state index in [1.165, 1.54) is 0 Å². The van der Waals surface area contributed by atoms with Gasteiger partial charge in [0.2, 0.25) is 10.0 Å². The molecule has 3 N–H and O–H groups in total. The summed E-state index contributed by atoms with van der Waals surface area (Å²) in [5.41, 5.74) is 1.09. The molecule has 0 amide bonds. The molecular formula is C16H29IN4O3S. The van der Waals surface area contributed by atoms with E-state index in [1.807, 2.05) is 31.2 Å². The van der Waals surface area contributed by atoms with Crippen LogP contribution in [0.4, 0.5) is 0 Å². The quantitative estimate of drug-likeness (QED) is 0.204. The SMILES string of the molecule is CCNC(=NCc1ccc(OC)cc1)NCCCNS(=O)(=O)CC.I. The van der Waals surface area contributed by atoms with E-state index in [2.05, 4.69) is 20.3 Å². The van der Waals surface area contributed by atoms with Gasteiger partial charge < -0.3 is 15.4 Å². The van der Waals surface area contributed by atoms with Crippen LogP contribution in [0.2, 0.25) is 0 Å². The summed E-state index contributed by atoms with van der Waals surface area (Å²) in [7, 11) is -1.48. The minimum atomic E-state index is -3.12. The maximum atomic E-state index is 11.3. The Morgan fingerprint density at radius 3 is 2.36 bits per heavy atom. The summed E-state index contributed by atoms with van der Waals surface area (Å²) in [5.74, 6) is 1.64. The van der Waals surface area contributed by atoms with Crippen molar-refractivity contribution < 1.29 is 13.2 Å². The minimum absolute atomic E-state index is 0. The van der Waals surface area contributed by atoms with Crippen LogP contribution in [0.3, 0.4) is 0 Å². The molecule has 144 valence electrons. The van der Waals surface area contributed by atoms with E-state index >= 15 is 0 Å². The Balaban J connectivity index is 0.00000576. The molecule has 25 heavy (non-hydrogen) atoms. The van der Waals surface area contributed by atoms with Crippen LogP contribution in [-0.4, -0.2) is 46.9 Å². The fraction of sp³-hybridized carbons (Fsp3) is 0.562. The van der Waals surface area contributed by atoms with E-state index in [0.717, 1.165) is 17.9 Å². The summed E-state index contributed by atoms with van der Waals surface area (Å²) >= 11 is 0. The molecule has 9 heteroatoms. The Labute approximate surface area is 168 Å². The second-order valence-electron chi connectivity index (χ2n) is 5.12. The Morgan fingerprint density at radius 2 is 1.80 bits per heavy atom. The maximum Gasteiger partial charge on any atom is 0.211 e. The zero-order valence-electron chi connectivity index (χ0n) is 15.0. The van der Waals surface area contributed by atoms with Gasteiger partial charge in [-0.3, -0.25) is 0 Å². The van der Waals surface area contributed by atoms with Crippen molar-refractivity contribution >= 4 is 40.0 Å². The fourth-order valence-electron chi connectivity index (χ4n) is 1.87. The minimum Gasteiger partial charge on any atom is -0.497 e. The molecule has 0 spiro atoms. The molecule has 0 saturated heterocycles. The lowest BCUT2D eigenvalue weighted by Gasteiger charge is -2.11. The number of hydrogen-bond acceptors (Lipinski definition) is 4. The number of ether oxygens (including phenoxy) is 1. The van der Waals surface area contributed by atoms with Gasteiger partial charge in [-0.05, 0) is 38.0 Å². The van der Waals surface area contributed by atoms with E-state index in [0.29, 0.717) is 32.0 Å². The van der Waals surface area contributed by atoms with Gasteiger partial charge in [-0.15, -0.1) is 24.0 Å². The lowest BCUT2D eigenvalue weighted by atomic mass is 10.2. The van der Waals surface area contributed by atoms with Crippen LogP contribution in [0.1, 0.15) is 25.8 Å². The fourth-order valence-corrected chi connectivity index (χ4v) is 2.53. The molecule has 0 unspecified atom stereocenters. The second-order valence-corrected chi connectivity index (χ2v) is 7.22. The largest absolute Gasteiger partial charge is 0.497 e. The van der Waals surface area contributed by atoms with Crippen molar-refractivity contribution in [2.45, 2.75) is 26.8 Å². The van der Waals surface area contributed by atoms with Crippen LogP contribution in [0, 0.1) is 0 Å². The topological polar surface area (TPSA) is 91.8 Å². The molecule has 0 aliphatic carbocycles. The normalized spacial score (nSPS) is 11.6. The molecule has 0 aromatic heterocycles. The van der Waals surface area contributed by atoms with Gasteiger partial charge in [0.1, 0.15) is 5.75 Å². The number of hydrogen-bond donors (Lipinski definition) is 3. The van der Waals surface area contributed by atoms with E-state index in [4.69, 9.17) is 4.74 Å². The maximum absolute atomic E-state index is 11.3. The number of rotatable bonds is 10. The van der Waals surface area contributed by atoms with Crippen molar-refractivity contribution in [3.8, 4) is 5.75 Å². The van der Waals surface area contributed by atoms with Crippen molar-refractivity contribution in [2.75, 3.05) is 32.5 Å². The third-order valence-corrected chi connectivity index (χ3v) is 4.68. The average molecular weight is 484 g/mol. The van der Waals surface area contributed by atoms with E-state index < -0.39 is 10.0 Å². The van der Waals surface area contributed by atoms with Gasteiger partial charge in [0, 0.05) is 19.6 Å². The Bertz CT molecular complexity index is 606. The van der Waals surface area contributed by atoms with Crippen molar-refractivity contribution in [3.05, 3.63) is 29.8 Å². The first kappa shape index (κ1) is 23.9. The van der Waals surface area contributed by atoms with Gasteiger partial charge in [-0.1, -0.05) is 12.1 Å². The van der Waals surface area contributed by atoms with Crippen molar-refractivity contribution in [1.82, 2.24) is 15.4 Å². The summed E-state index contributed by atoms with van der Waals surface area (Å²) < 4.78 is 30.3. The number of nitrogens with one attached hydrogen (secondary N) is 3. The van der Waals surface area contributed by atoms with Crippen LogP contribution in [0.25, 0.3) is 0 Å². The molecule has 7 nitrogen and oxygen atoms in total. The predicted molar refractivity (Wildman–Crippen MR) is 113 cm³/mol. The summed E-state index contributed by atoms with van der Waals surface area (Å²) in [4.78, 5) is 4.52. The van der Waals surface area contributed by atoms with Crippen molar-refractivity contribution in [1.29, 1.82) is 0 Å². The molecule has 0 bridgehead atoms. The van der Waals surface area contributed by atoms with Crippen molar-refractivity contribution in [2.24, 2.45) is 4.99 Å². The van der Waals surface area contributed by atoms with Crippen LogP contribution in [0.5, 0.6) is 5.75 Å². The monoisotopic (exact) mass is 484 g/mol. The molecule has 0 aliphatic rings. The molecule has 0 radical (unpaired) electrons. The van der Waals surface area contributed by atoms with Crippen LogP contribution < -0.4 is 20.1 Å². The molecule has 0 saturated carbocycles. The first-order chi connectivity index (χ1) is 11.5. The predicted octanol–water partition coefficient (Wildman–Crippen LogP) is 1.70. The van der Waals surface area contributed by atoms with E-state index in [-0.39, 0.29) is 29.7 Å². The van der Waals surface area contributed by atoms with Crippen LogP contribution >= 0.6 is 24.0 Å². The molecular weight excluding hydrogens is 455 g/mol. The lowest BCUT2D eigenvalue weighted by Crippen LogP contribution is -2.38. The number of guanidine groups is 1. The number of sulfonamides is 1. The molecule has 1 aromatic carbocycles. The third kappa shape index (κ3) is 10.5. The Hall–Kier alpha value is -1.07. The van der Waals surface area contributed by atoms with Gasteiger partial charge in [-0.25, -0.2) is 18.1 Å². The third-order valence-electron chi connectivity index (χ3n) is 3.27. The summed E-state index contributed by atoms with van der Waals surface area (Å²) in [6.07, 6.45) is 0.687. The number of benzene rings is 1. The first-order valence-corrected chi connectivity index (χ1v) is 9.78. The van der Waals surface area contributed by atoms with Crippen LogP contribution in [0.15, 0.2) is 29.3 Å². The highest BCUT2D eigenvalue weighted by molar-refractivity contribution is 14.0. The van der Waals surface area contributed by atoms with E-state index in [1.54, 1.807) is 14.0 Å². The van der Waals surface area contributed by atoms with Gasteiger partial charge in [0.15, 0.2) is 5.96 Å². The highest BCUT2D eigenvalue weighted by atomic mass is 127. The standard InChI is InChI=1S/C16H28N4O3S.HI/c1-4-17-16(18-11-6-12-20-24(21,22)5-2)19-13-14-7-9-15(23-3)10-8-14;/h7-10,20H,4-6,11-13H2,1-3H3,(H2,17,18,19);1H. The second kappa shape index (κ2) is 13.2. The van der Waals surface area contributed by atoms with Crippen LogP contribution in [-0.2, 0) is 16.6 Å². The molecule has 0 aliphatic heterocycles. The Morgan fingerprint density at radius 1 is 1.12 bits per heavy atom.